The summed E-state index contributed by atoms with van der Waals surface area (Å²) in [6.07, 6.45) is 3.36. The standard InChI is InChI=1S/C22H30ClN7O3/c1-6-13(15(23)19(25-3)32-5)16-14-18(28-27-16)26-21(29(4)20(14)31)30-9-7-22(8-10-30)11-33-12(2)17(22)24/h6,12,17H,1,7-11,24H2,2-5H3,(H,27,28)/b15-13-,25-19?/t12-,17+/m0/s1. The van der Waals surface area contributed by atoms with Crippen molar-refractivity contribution in [2.24, 2.45) is 23.2 Å². The highest BCUT2D eigenvalue weighted by Gasteiger charge is 2.47. The van der Waals surface area contributed by atoms with Crippen LogP contribution in [0.15, 0.2) is 27.5 Å². The third-order valence-electron chi connectivity index (χ3n) is 6.95. The van der Waals surface area contributed by atoms with E-state index in [1.807, 2.05) is 6.92 Å². The molecule has 0 saturated carbocycles. The molecule has 11 heteroatoms. The number of aromatic nitrogens is 4. The first-order valence-electron chi connectivity index (χ1n) is 10.9. The lowest BCUT2D eigenvalue weighted by atomic mass is 9.73. The van der Waals surface area contributed by atoms with Crippen LogP contribution in [0.1, 0.15) is 25.5 Å². The average molecular weight is 476 g/mol. The van der Waals surface area contributed by atoms with Crippen LogP contribution in [-0.2, 0) is 16.5 Å². The normalized spacial score (nSPS) is 23.8. The van der Waals surface area contributed by atoms with E-state index in [2.05, 4.69) is 26.7 Å². The average Bonchev–Trinajstić information content (AvgIpc) is 3.35. The van der Waals surface area contributed by atoms with Gasteiger partial charge in [-0.15, -0.1) is 0 Å². The van der Waals surface area contributed by atoms with Crippen LogP contribution in [-0.4, -0.2) is 71.6 Å². The van der Waals surface area contributed by atoms with Gasteiger partial charge in [0.15, 0.2) is 5.65 Å². The molecule has 0 unspecified atom stereocenters. The Kier molecular flexibility index (Phi) is 6.35. The van der Waals surface area contributed by atoms with Crippen LogP contribution in [0, 0.1) is 5.41 Å². The fourth-order valence-corrected chi connectivity index (χ4v) is 5.18. The van der Waals surface area contributed by atoms with Gasteiger partial charge in [-0.25, -0.2) is 0 Å². The lowest BCUT2D eigenvalue weighted by Crippen LogP contribution is -2.51. The molecule has 178 valence electrons. The summed E-state index contributed by atoms with van der Waals surface area (Å²) in [7, 11) is 4.75. The van der Waals surface area contributed by atoms with Crippen LogP contribution in [0.3, 0.4) is 0 Å². The summed E-state index contributed by atoms with van der Waals surface area (Å²) in [5.74, 6) is 0.797. The van der Waals surface area contributed by atoms with Gasteiger partial charge >= 0.3 is 0 Å². The number of aromatic amines is 1. The van der Waals surface area contributed by atoms with Crippen molar-refractivity contribution in [2.45, 2.75) is 31.9 Å². The topological polar surface area (TPSA) is 124 Å². The van der Waals surface area contributed by atoms with Crippen molar-refractivity contribution in [1.29, 1.82) is 0 Å². The minimum absolute atomic E-state index is 0.0152. The first kappa shape index (κ1) is 23.5. The number of allylic oxidation sites excluding steroid dienone is 2. The van der Waals surface area contributed by atoms with Crippen LogP contribution < -0.4 is 16.2 Å². The number of halogens is 1. The molecule has 2 atom stereocenters. The zero-order chi connectivity index (χ0) is 23.9. The zero-order valence-corrected chi connectivity index (χ0v) is 20.1. The summed E-state index contributed by atoms with van der Waals surface area (Å²) >= 11 is 6.48. The quantitative estimate of drug-likeness (QED) is 0.392. The Labute approximate surface area is 197 Å². The summed E-state index contributed by atoms with van der Waals surface area (Å²) in [5, 5.41) is 7.74. The molecule has 2 aliphatic heterocycles. The SMILES string of the molecule is C=C/C(=C(/Cl)C(=NC)OC)c1[nH]nc2nc(N3CCC4(CC3)CO[C@@H](C)[C@H]4N)n(C)c(=O)c12. The van der Waals surface area contributed by atoms with Crippen molar-refractivity contribution < 1.29 is 9.47 Å². The van der Waals surface area contributed by atoms with Gasteiger partial charge in [0.1, 0.15) is 10.4 Å². The van der Waals surface area contributed by atoms with E-state index in [0.717, 1.165) is 25.9 Å². The number of aliphatic imine (C=N–C) groups is 1. The Morgan fingerprint density at radius 3 is 2.70 bits per heavy atom. The molecule has 10 nitrogen and oxygen atoms in total. The second-order valence-corrected chi connectivity index (χ2v) is 9.01. The van der Waals surface area contributed by atoms with Crippen molar-refractivity contribution in [3.8, 4) is 0 Å². The molecule has 2 saturated heterocycles. The van der Waals surface area contributed by atoms with Gasteiger partial charge < -0.3 is 20.1 Å². The lowest BCUT2D eigenvalue weighted by Gasteiger charge is -2.41. The summed E-state index contributed by atoms with van der Waals surface area (Å²) < 4.78 is 12.6. The van der Waals surface area contributed by atoms with Crippen LogP contribution in [0.25, 0.3) is 16.6 Å². The number of ether oxygens (including phenoxy) is 2. The number of piperidine rings is 1. The van der Waals surface area contributed by atoms with Crippen molar-refractivity contribution in [3.63, 3.8) is 0 Å². The molecule has 1 spiro atoms. The number of methoxy groups -OCH3 is 1. The van der Waals surface area contributed by atoms with Gasteiger partial charge in [0.25, 0.3) is 5.56 Å². The number of hydrogen-bond donors (Lipinski definition) is 2. The maximum absolute atomic E-state index is 13.4. The largest absolute Gasteiger partial charge is 0.480 e. The lowest BCUT2D eigenvalue weighted by molar-refractivity contribution is 0.0973. The van der Waals surface area contributed by atoms with Crippen molar-refractivity contribution >= 4 is 40.1 Å². The van der Waals surface area contributed by atoms with Gasteiger partial charge in [-0.1, -0.05) is 24.3 Å². The number of rotatable bonds is 4. The number of anilines is 1. The van der Waals surface area contributed by atoms with Gasteiger partial charge in [0, 0.05) is 44.2 Å². The number of H-pyrrole nitrogens is 1. The molecule has 2 aliphatic rings. The maximum atomic E-state index is 13.4. The fourth-order valence-electron chi connectivity index (χ4n) is 4.84. The first-order chi connectivity index (χ1) is 15.8. The molecular formula is C22H30ClN7O3. The third kappa shape index (κ3) is 3.75. The number of nitrogens with one attached hydrogen (secondary N) is 1. The molecule has 2 fully saturated rings. The molecule has 2 aromatic rings. The maximum Gasteiger partial charge on any atom is 0.266 e. The van der Waals surface area contributed by atoms with Crippen LogP contribution in [0.4, 0.5) is 5.95 Å². The Morgan fingerprint density at radius 2 is 2.15 bits per heavy atom. The van der Waals surface area contributed by atoms with Crippen molar-refractivity contribution in [1.82, 2.24) is 19.7 Å². The predicted molar refractivity (Wildman–Crippen MR) is 130 cm³/mol. The molecular weight excluding hydrogens is 446 g/mol. The van der Waals surface area contributed by atoms with Gasteiger partial charge in [0.2, 0.25) is 11.8 Å². The molecule has 2 aromatic heterocycles. The molecule has 0 radical (unpaired) electrons. The van der Waals surface area contributed by atoms with E-state index in [9.17, 15) is 4.79 Å². The Morgan fingerprint density at radius 1 is 1.45 bits per heavy atom. The second kappa shape index (κ2) is 8.92. The van der Waals surface area contributed by atoms with E-state index < -0.39 is 0 Å². The summed E-state index contributed by atoms with van der Waals surface area (Å²) in [6, 6.07) is 0.0188. The van der Waals surface area contributed by atoms with Crippen LogP contribution in [0.2, 0.25) is 0 Å². The van der Waals surface area contributed by atoms with Crippen molar-refractivity contribution in [2.75, 3.05) is 38.8 Å². The molecule has 33 heavy (non-hydrogen) atoms. The first-order valence-corrected chi connectivity index (χ1v) is 11.3. The van der Waals surface area contributed by atoms with Gasteiger partial charge in [0.05, 0.1) is 25.5 Å². The Bertz CT molecular complexity index is 1190. The zero-order valence-electron chi connectivity index (χ0n) is 19.4. The van der Waals surface area contributed by atoms with Gasteiger partial charge in [-0.05, 0) is 19.8 Å². The smallest absolute Gasteiger partial charge is 0.266 e. The van der Waals surface area contributed by atoms with E-state index in [1.165, 1.54) is 13.2 Å². The molecule has 4 rings (SSSR count). The highest BCUT2D eigenvalue weighted by molar-refractivity contribution is 6.45. The van der Waals surface area contributed by atoms with Crippen LogP contribution in [0.5, 0.6) is 0 Å². The highest BCUT2D eigenvalue weighted by Crippen LogP contribution is 2.41. The minimum atomic E-state index is -0.232. The molecule has 0 aliphatic carbocycles. The third-order valence-corrected chi connectivity index (χ3v) is 7.32. The van der Waals surface area contributed by atoms with E-state index in [1.54, 1.807) is 18.7 Å². The van der Waals surface area contributed by atoms with E-state index in [-0.39, 0.29) is 34.1 Å². The Balaban J connectivity index is 1.71. The predicted octanol–water partition coefficient (Wildman–Crippen LogP) is 1.80. The molecule has 4 heterocycles. The number of nitrogens with zero attached hydrogens (tertiary/aromatic N) is 5. The minimum Gasteiger partial charge on any atom is -0.480 e. The highest BCUT2D eigenvalue weighted by atomic mass is 35.5. The summed E-state index contributed by atoms with van der Waals surface area (Å²) in [6.45, 7) is 8.01. The molecule has 3 N–H and O–H groups in total. The summed E-state index contributed by atoms with van der Waals surface area (Å²) in [4.78, 5) is 24.2. The van der Waals surface area contributed by atoms with E-state index in [0.29, 0.717) is 34.9 Å². The summed E-state index contributed by atoms with van der Waals surface area (Å²) in [5.41, 5.74) is 7.38. The number of nitrogens with two attached hydrogens (primary N) is 1. The van der Waals surface area contributed by atoms with Gasteiger partial charge in [-0.3, -0.25) is 19.5 Å². The fraction of sp³-hybridized carbons (Fsp3) is 0.545. The molecule has 0 amide bonds. The van der Waals surface area contributed by atoms with Crippen LogP contribution >= 0.6 is 11.6 Å². The molecule has 0 aromatic carbocycles. The number of fused-ring (bicyclic) bond motifs is 1. The monoisotopic (exact) mass is 475 g/mol. The second-order valence-electron chi connectivity index (χ2n) is 8.63. The van der Waals surface area contributed by atoms with E-state index >= 15 is 0 Å². The van der Waals surface area contributed by atoms with Crippen molar-refractivity contribution in [3.05, 3.63) is 33.7 Å². The Hall–Kier alpha value is -2.69. The van der Waals surface area contributed by atoms with E-state index in [4.69, 9.17) is 31.8 Å². The number of hydrogen-bond acceptors (Lipinski definition) is 8. The molecule has 0 bridgehead atoms. The van der Waals surface area contributed by atoms with Gasteiger partial charge in [-0.2, -0.15) is 10.1 Å².